The normalized spacial score (nSPS) is 13.4. The van der Waals surface area contributed by atoms with Gasteiger partial charge in [-0.1, -0.05) is 11.3 Å². The second-order valence-corrected chi connectivity index (χ2v) is 5.24. The Morgan fingerprint density at radius 3 is 3.05 bits per heavy atom. The summed E-state index contributed by atoms with van der Waals surface area (Å²) in [6.45, 7) is 1.57. The first kappa shape index (κ1) is 13.1. The number of aliphatic hydroxyl groups is 1. The summed E-state index contributed by atoms with van der Waals surface area (Å²) in [5.41, 5.74) is 5.03. The van der Waals surface area contributed by atoms with Crippen LogP contribution < -0.4 is 5.32 Å². The van der Waals surface area contributed by atoms with E-state index in [9.17, 15) is 0 Å². The Kier molecular flexibility index (Phi) is 3.97. The van der Waals surface area contributed by atoms with Crippen molar-refractivity contribution in [3.05, 3.63) is 41.2 Å². The largest absolute Gasteiger partial charge is 0.396 e. The zero-order valence-electron chi connectivity index (χ0n) is 11.5. The maximum atomic E-state index is 8.79. The molecule has 2 N–H and O–H groups in total. The van der Waals surface area contributed by atoms with Crippen LogP contribution in [0.2, 0.25) is 0 Å². The lowest BCUT2D eigenvalue weighted by atomic mass is 10.1. The van der Waals surface area contributed by atoms with Gasteiger partial charge in [0.25, 0.3) is 0 Å². The van der Waals surface area contributed by atoms with E-state index in [1.54, 1.807) is 4.68 Å². The number of hydrogen-bond acceptors (Lipinski definition) is 4. The number of nitrogens with one attached hydrogen (secondary N) is 1. The minimum atomic E-state index is 0.183. The molecule has 2 aromatic rings. The summed E-state index contributed by atoms with van der Waals surface area (Å²) in [5, 5.41) is 20.3. The Hall–Kier alpha value is -1.88. The molecule has 1 aliphatic rings. The van der Waals surface area contributed by atoms with Gasteiger partial charge in [-0.3, -0.25) is 4.68 Å². The van der Waals surface area contributed by atoms with Crippen molar-refractivity contribution in [1.29, 1.82) is 0 Å². The van der Waals surface area contributed by atoms with Crippen LogP contribution in [0.5, 0.6) is 0 Å². The predicted octanol–water partition coefficient (Wildman–Crippen LogP) is 1.76. The van der Waals surface area contributed by atoms with Gasteiger partial charge >= 0.3 is 0 Å². The molecule has 0 unspecified atom stereocenters. The highest BCUT2D eigenvalue weighted by molar-refractivity contribution is 5.50. The van der Waals surface area contributed by atoms with Gasteiger partial charge < -0.3 is 10.4 Å². The van der Waals surface area contributed by atoms with E-state index in [0.29, 0.717) is 19.5 Å². The van der Waals surface area contributed by atoms with Crippen LogP contribution in [-0.2, 0) is 25.9 Å². The molecule has 0 fully saturated rings. The second-order valence-electron chi connectivity index (χ2n) is 5.24. The quantitative estimate of drug-likeness (QED) is 0.841. The van der Waals surface area contributed by atoms with Gasteiger partial charge in [0.1, 0.15) is 5.69 Å². The van der Waals surface area contributed by atoms with Crippen molar-refractivity contribution in [3.8, 4) is 0 Å². The Morgan fingerprint density at radius 2 is 2.15 bits per heavy atom. The number of hydrogen-bond donors (Lipinski definition) is 2. The summed E-state index contributed by atoms with van der Waals surface area (Å²) >= 11 is 0. The van der Waals surface area contributed by atoms with Gasteiger partial charge in [-0.25, -0.2) is 0 Å². The van der Waals surface area contributed by atoms with Crippen molar-refractivity contribution < 1.29 is 5.11 Å². The molecule has 20 heavy (non-hydrogen) atoms. The van der Waals surface area contributed by atoms with Crippen LogP contribution in [0.15, 0.2) is 24.4 Å². The van der Waals surface area contributed by atoms with Gasteiger partial charge in [-0.05, 0) is 48.9 Å². The van der Waals surface area contributed by atoms with Crippen molar-refractivity contribution in [2.75, 3.05) is 11.9 Å². The highest BCUT2D eigenvalue weighted by atomic mass is 16.3. The van der Waals surface area contributed by atoms with Gasteiger partial charge in [0.05, 0.1) is 12.7 Å². The Balaban J connectivity index is 1.57. The molecule has 0 spiro atoms. The smallest absolute Gasteiger partial charge is 0.102 e. The zero-order chi connectivity index (χ0) is 13.8. The number of nitrogens with zero attached hydrogens (tertiary/aromatic N) is 3. The Labute approximate surface area is 118 Å². The molecule has 3 rings (SSSR count). The fraction of sp³-hybridized carbons (Fsp3) is 0.467. The first-order valence-electron chi connectivity index (χ1n) is 7.21. The topological polar surface area (TPSA) is 63.0 Å². The number of aliphatic hydroxyl groups excluding tert-OH is 1. The van der Waals surface area contributed by atoms with Crippen LogP contribution in [0, 0.1) is 0 Å². The zero-order valence-corrected chi connectivity index (χ0v) is 11.5. The van der Waals surface area contributed by atoms with Crippen molar-refractivity contribution in [2.24, 2.45) is 0 Å². The predicted molar refractivity (Wildman–Crippen MR) is 77.5 cm³/mol. The van der Waals surface area contributed by atoms with Crippen LogP contribution in [0.25, 0.3) is 0 Å². The molecule has 0 aliphatic heterocycles. The number of fused-ring (bicyclic) bond motifs is 1. The number of anilines is 1. The van der Waals surface area contributed by atoms with Crippen molar-refractivity contribution in [1.82, 2.24) is 15.0 Å². The van der Waals surface area contributed by atoms with E-state index in [2.05, 4.69) is 33.8 Å². The summed E-state index contributed by atoms with van der Waals surface area (Å²) in [7, 11) is 0. The van der Waals surface area contributed by atoms with E-state index < -0.39 is 0 Å². The lowest BCUT2D eigenvalue weighted by molar-refractivity contribution is 0.276. The van der Waals surface area contributed by atoms with Crippen LogP contribution in [0.1, 0.15) is 29.7 Å². The van der Waals surface area contributed by atoms with Gasteiger partial charge in [0.15, 0.2) is 0 Å². The van der Waals surface area contributed by atoms with E-state index in [4.69, 9.17) is 5.11 Å². The maximum Gasteiger partial charge on any atom is 0.102 e. The SMILES string of the molecule is OCCCn1cc(CNc2ccc3c(c2)CCC3)nn1. The average Bonchev–Trinajstić information content (AvgIpc) is 3.11. The molecule has 0 atom stereocenters. The van der Waals surface area contributed by atoms with Crippen LogP contribution in [-0.4, -0.2) is 26.7 Å². The molecular weight excluding hydrogens is 252 g/mol. The molecule has 5 heteroatoms. The molecule has 0 saturated heterocycles. The second kappa shape index (κ2) is 6.05. The van der Waals surface area contributed by atoms with E-state index >= 15 is 0 Å². The summed E-state index contributed by atoms with van der Waals surface area (Å²) in [5.74, 6) is 0. The molecule has 0 saturated carbocycles. The molecule has 0 radical (unpaired) electrons. The van der Waals surface area contributed by atoms with Gasteiger partial charge in [0, 0.05) is 18.8 Å². The average molecular weight is 272 g/mol. The molecule has 1 heterocycles. The fourth-order valence-corrected chi connectivity index (χ4v) is 2.64. The van der Waals surface area contributed by atoms with Crippen molar-refractivity contribution >= 4 is 5.69 Å². The highest BCUT2D eigenvalue weighted by Gasteiger charge is 2.10. The van der Waals surface area contributed by atoms with Gasteiger partial charge in [-0.2, -0.15) is 0 Å². The van der Waals surface area contributed by atoms with E-state index in [1.807, 2.05) is 6.20 Å². The first-order valence-corrected chi connectivity index (χ1v) is 7.21. The van der Waals surface area contributed by atoms with Crippen LogP contribution in [0.3, 0.4) is 0 Å². The van der Waals surface area contributed by atoms with E-state index in [0.717, 1.165) is 11.4 Å². The lowest BCUT2D eigenvalue weighted by Gasteiger charge is -2.06. The summed E-state index contributed by atoms with van der Waals surface area (Å²) in [4.78, 5) is 0. The maximum absolute atomic E-state index is 8.79. The molecule has 1 aliphatic carbocycles. The van der Waals surface area contributed by atoms with Crippen LogP contribution >= 0.6 is 0 Å². The number of aryl methyl sites for hydroxylation is 3. The summed E-state index contributed by atoms with van der Waals surface area (Å²) in [6.07, 6.45) is 6.33. The molecule has 0 amide bonds. The van der Waals surface area contributed by atoms with Gasteiger partial charge in [0.2, 0.25) is 0 Å². The molecular formula is C15H20N4O. The molecule has 1 aromatic heterocycles. The lowest BCUT2D eigenvalue weighted by Crippen LogP contribution is -2.01. The standard InChI is InChI=1S/C15H20N4O/c20-8-2-7-19-11-15(17-18-19)10-16-14-6-5-12-3-1-4-13(12)9-14/h5-6,9,11,16,20H,1-4,7-8,10H2. The number of rotatable bonds is 6. The minimum Gasteiger partial charge on any atom is -0.396 e. The van der Waals surface area contributed by atoms with Crippen LogP contribution in [0.4, 0.5) is 5.69 Å². The van der Waals surface area contributed by atoms with Crippen molar-refractivity contribution in [2.45, 2.75) is 38.8 Å². The molecule has 1 aromatic carbocycles. The van der Waals surface area contributed by atoms with E-state index in [1.165, 1.54) is 30.4 Å². The monoisotopic (exact) mass is 272 g/mol. The third kappa shape index (κ3) is 2.99. The molecule has 0 bridgehead atoms. The fourth-order valence-electron chi connectivity index (χ4n) is 2.64. The van der Waals surface area contributed by atoms with E-state index in [-0.39, 0.29) is 6.61 Å². The number of aromatic nitrogens is 3. The third-order valence-electron chi connectivity index (χ3n) is 3.70. The Morgan fingerprint density at radius 1 is 1.25 bits per heavy atom. The minimum absolute atomic E-state index is 0.183. The molecule has 5 nitrogen and oxygen atoms in total. The summed E-state index contributed by atoms with van der Waals surface area (Å²) in [6, 6.07) is 6.61. The third-order valence-corrected chi connectivity index (χ3v) is 3.70. The molecule has 106 valence electrons. The Bertz CT molecular complexity index is 579. The number of benzene rings is 1. The van der Waals surface area contributed by atoms with Crippen molar-refractivity contribution in [3.63, 3.8) is 0 Å². The first-order chi connectivity index (χ1) is 9.85. The van der Waals surface area contributed by atoms with Gasteiger partial charge in [-0.15, -0.1) is 5.10 Å². The summed E-state index contributed by atoms with van der Waals surface area (Å²) < 4.78 is 1.77. The highest BCUT2D eigenvalue weighted by Crippen LogP contribution is 2.24.